The lowest BCUT2D eigenvalue weighted by atomic mass is 10.1. The van der Waals surface area contributed by atoms with Crippen molar-refractivity contribution in [1.82, 2.24) is 5.32 Å². The van der Waals surface area contributed by atoms with Crippen LogP contribution < -0.4 is 10.2 Å². The maximum Gasteiger partial charge on any atom is 0.146 e. The van der Waals surface area contributed by atoms with Gasteiger partial charge in [0.05, 0.1) is 5.69 Å². The van der Waals surface area contributed by atoms with Gasteiger partial charge in [-0.1, -0.05) is 19.1 Å². The highest BCUT2D eigenvalue weighted by Crippen LogP contribution is 2.23. The van der Waals surface area contributed by atoms with Gasteiger partial charge in [0.25, 0.3) is 0 Å². The van der Waals surface area contributed by atoms with E-state index in [2.05, 4.69) is 29.8 Å². The summed E-state index contributed by atoms with van der Waals surface area (Å²) in [5.74, 6) is -0.147. The van der Waals surface area contributed by atoms with Gasteiger partial charge >= 0.3 is 0 Å². The molecule has 1 heterocycles. The maximum atomic E-state index is 14.3. The molecule has 0 saturated heterocycles. The average molecular weight is 306 g/mol. The first-order valence-electron chi connectivity index (χ1n) is 7.36. The Morgan fingerprint density at radius 2 is 2.14 bits per heavy atom. The van der Waals surface area contributed by atoms with Crippen molar-refractivity contribution < 1.29 is 4.39 Å². The SMILES string of the molecule is CCNCc1ccc(N(C)C(C)Cc2cccs2)c(F)c1. The fourth-order valence-electron chi connectivity index (χ4n) is 2.31. The van der Waals surface area contributed by atoms with Gasteiger partial charge in [-0.05, 0) is 42.6 Å². The van der Waals surface area contributed by atoms with Gasteiger partial charge in [-0.3, -0.25) is 0 Å². The van der Waals surface area contributed by atoms with E-state index < -0.39 is 0 Å². The van der Waals surface area contributed by atoms with E-state index in [1.54, 1.807) is 17.4 Å². The van der Waals surface area contributed by atoms with Crippen molar-refractivity contribution in [2.45, 2.75) is 32.9 Å². The quantitative estimate of drug-likeness (QED) is 0.829. The number of thiophene rings is 1. The number of anilines is 1. The first-order valence-corrected chi connectivity index (χ1v) is 8.24. The van der Waals surface area contributed by atoms with Gasteiger partial charge in [-0.25, -0.2) is 4.39 Å². The standard InChI is InChI=1S/C17H23FN2S/c1-4-19-12-14-7-8-17(16(18)11-14)20(3)13(2)10-15-6-5-9-21-15/h5-9,11,13,19H,4,10,12H2,1-3H3. The number of likely N-dealkylation sites (N-methyl/N-ethyl adjacent to an activating group) is 1. The van der Waals surface area contributed by atoms with E-state index in [9.17, 15) is 4.39 Å². The van der Waals surface area contributed by atoms with E-state index in [1.807, 2.05) is 31.0 Å². The minimum absolute atomic E-state index is 0.147. The van der Waals surface area contributed by atoms with Crippen LogP contribution in [0.2, 0.25) is 0 Å². The zero-order valence-corrected chi connectivity index (χ0v) is 13.7. The molecule has 0 spiro atoms. The van der Waals surface area contributed by atoms with E-state index in [4.69, 9.17) is 0 Å². The Bertz CT molecular complexity index is 554. The summed E-state index contributed by atoms with van der Waals surface area (Å²) in [5, 5.41) is 5.30. The highest BCUT2D eigenvalue weighted by molar-refractivity contribution is 7.09. The second kappa shape index (κ2) is 7.57. The fourth-order valence-corrected chi connectivity index (χ4v) is 3.14. The molecule has 0 bridgehead atoms. The van der Waals surface area contributed by atoms with E-state index in [0.29, 0.717) is 12.2 Å². The molecule has 2 aromatic rings. The first-order chi connectivity index (χ1) is 10.1. The van der Waals surface area contributed by atoms with Crippen molar-refractivity contribution in [3.8, 4) is 0 Å². The Hall–Kier alpha value is -1.39. The Kier molecular flexibility index (Phi) is 5.76. The Morgan fingerprint density at radius 1 is 1.33 bits per heavy atom. The van der Waals surface area contributed by atoms with E-state index in [-0.39, 0.29) is 11.9 Å². The molecule has 0 aliphatic rings. The van der Waals surface area contributed by atoms with Crippen molar-refractivity contribution in [3.63, 3.8) is 0 Å². The second-order valence-electron chi connectivity index (χ2n) is 5.31. The predicted octanol–water partition coefficient (Wildman–Crippen LogP) is 4.06. The summed E-state index contributed by atoms with van der Waals surface area (Å²) in [4.78, 5) is 3.35. The molecule has 0 aliphatic heterocycles. The summed E-state index contributed by atoms with van der Waals surface area (Å²) < 4.78 is 14.3. The molecule has 1 atom stereocenters. The third kappa shape index (κ3) is 4.29. The van der Waals surface area contributed by atoms with Gasteiger partial charge in [0, 0.05) is 30.9 Å². The number of nitrogens with zero attached hydrogens (tertiary/aromatic N) is 1. The minimum Gasteiger partial charge on any atom is -0.369 e. The summed E-state index contributed by atoms with van der Waals surface area (Å²) in [7, 11) is 1.96. The third-order valence-corrected chi connectivity index (χ3v) is 4.61. The first kappa shape index (κ1) is 16.0. The molecule has 1 N–H and O–H groups in total. The van der Waals surface area contributed by atoms with Crippen LogP contribution >= 0.6 is 11.3 Å². The zero-order valence-electron chi connectivity index (χ0n) is 12.9. The molecule has 1 unspecified atom stereocenters. The van der Waals surface area contributed by atoms with Crippen molar-refractivity contribution >= 4 is 17.0 Å². The van der Waals surface area contributed by atoms with E-state index >= 15 is 0 Å². The summed E-state index contributed by atoms with van der Waals surface area (Å²) in [6.45, 7) is 5.78. The van der Waals surface area contributed by atoms with Gasteiger partial charge in [0.2, 0.25) is 0 Å². The molecule has 4 heteroatoms. The van der Waals surface area contributed by atoms with Crippen LogP contribution in [0.5, 0.6) is 0 Å². The van der Waals surface area contributed by atoms with Crippen molar-refractivity contribution in [1.29, 1.82) is 0 Å². The van der Waals surface area contributed by atoms with Crippen LogP contribution in [0.1, 0.15) is 24.3 Å². The van der Waals surface area contributed by atoms with Crippen LogP contribution in [0.3, 0.4) is 0 Å². The predicted molar refractivity (Wildman–Crippen MR) is 89.7 cm³/mol. The summed E-state index contributed by atoms with van der Waals surface area (Å²) in [6.07, 6.45) is 0.937. The fraction of sp³-hybridized carbons (Fsp3) is 0.412. The van der Waals surface area contributed by atoms with Crippen molar-refractivity contribution in [2.75, 3.05) is 18.5 Å². The van der Waals surface area contributed by atoms with Crippen LogP contribution in [0, 0.1) is 5.82 Å². The Labute approximate surface area is 130 Å². The van der Waals surface area contributed by atoms with Crippen LogP contribution in [-0.2, 0) is 13.0 Å². The summed E-state index contributed by atoms with van der Waals surface area (Å²) >= 11 is 1.75. The highest BCUT2D eigenvalue weighted by atomic mass is 32.1. The third-order valence-electron chi connectivity index (χ3n) is 3.71. The molecule has 0 amide bonds. The number of rotatable bonds is 7. The monoisotopic (exact) mass is 306 g/mol. The lowest BCUT2D eigenvalue weighted by Crippen LogP contribution is -2.31. The van der Waals surface area contributed by atoms with Crippen molar-refractivity contribution in [2.24, 2.45) is 0 Å². The van der Waals surface area contributed by atoms with Gasteiger partial charge in [0.1, 0.15) is 5.82 Å². The molecule has 114 valence electrons. The van der Waals surface area contributed by atoms with Gasteiger partial charge in [0.15, 0.2) is 0 Å². The van der Waals surface area contributed by atoms with Crippen LogP contribution in [0.15, 0.2) is 35.7 Å². The van der Waals surface area contributed by atoms with Gasteiger partial charge < -0.3 is 10.2 Å². The normalized spacial score (nSPS) is 12.4. The Morgan fingerprint density at radius 3 is 2.76 bits per heavy atom. The minimum atomic E-state index is -0.147. The smallest absolute Gasteiger partial charge is 0.146 e. The van der Waals surface area contributed by atoms with Crippen LogP contribution in [0.4, 0.5) is 10.1 Å². The topological polar surface area (TPSA) is 15.3 Å². The summed E-state index contributed by atoms with van der Waals surface area (Å²) in [5.41, 5.74) is 1.65. The molecular weight excluding hydrogens is 283 g/mol. The molecular formula is C17H23FN2S. The molecule has 2 nitrogen and oxygen atoms in total. The highest BCUT2D eigenvalue weighted by Gasteiger charge is 2.15. The number of nitrogens with one attached hydrogen (secondary N) is 1. The zero-order chi connectivity index (χ0) is 15.2. The van der Waals surface area contributed by atoms with Gasteiger partial charge in [-0.15, -0.1) is 11.3 Å². The molecule has 1 aromatic carbocycles. The number of halogens is 1. The molecule has 0 aliphatic carbocycles. The van der Waals surface area contributed by atoms with Crippen molar-refractivity contribution in [3.05, 3.63) is 52.0 Å². The molecule has 2 rings (SSSR count). The summed E-state index contributed by atoms with van der Waals surface area (Å²) in [6, 6.07) is 9.96. The lowest BCUT2D eigenvalue weighted by Gasteiger charge is -2.27. The molecule has 0 radical (unpaired) electrons. The van der Waals surface area contributed by atoms with E-state index in [1.165, 1.54) is 4.88 Å². The number of hydrogen-bond acceptors (Lipinski definition) is 3. The molecule has 0 fully saturated rings. The maximum absolute atomic E-state index is 14.3. The second-order valence-corrected chi connectivity index (χ2v) is 6.34. The van der Waals surface area contributed by atoms with Crippen LogP contribution in [-0.4, -0.2) is 19.6 Å². The number of hydrogen-bond donors (Lipinski definition) is 1. The molecule has 1 aromatic heterocycles. The molecule has 21 heavy (non-hydrogen) atoms. The molecule has 0 saturated carbocycles. The average Bonchev–Trinajstić information content (AvgIpc) is 2.97. The largest absolute Gasteiger partial charge is 0.369 e. The number of benzene rings is 1. The van der Waals surface area contributed by atoms with E-state index in [0.717, 1.165) is 18.5 Å². The van der Waals surface area contributed by atoms with Gasteiger partial charge in [-0.2, -0.15) is 0 Å². The lowest BCUT2D eigenvalue weighted by molar-refractivity contribution is 0.601. The van der Waals surface area contributed by atoms with Crippen LogP contribution in [0.25, 0.3) is 0 Å². The Balaban J connectivity index is 2.05.